The first-order valence-electron chi connectivity index (χ1n) is 8.09. The van der Waals surface area contributed by atoms with E-state index in [0.717, 1.165) is 5.41 Å². The number of esters is 1. The molecule has 8 heteroatoms. The van der Waals surface area contributed by atoms with Crippen molar-refractivity contribution in [3.63, 3.8) is 0 Å². The van der Waals surface area contributed by atoms with Gasteiger partial charge in [-0.1, -0.05) is 17.7 Å². The average Bonchev–Trinajstić information content (AvgIpc) is 2.95. The minimum atomic E-state index is -3.19. The van der Waals surface area contributed by atoms with Gasteiger partial charge in [-0.2, -0.15) is 0 Å². The molecule has 0 unspecified atom stereocenters. The van der Waals surface area contributed by atoms with Crippen LogP contribution in [0.25, 0.3) is 0 Å². The molecule has 1 heterocycles. The number of nitrogens with one attached hydrogen (secondary N) is 1. The lowest BCUT2D eigenvalue weighted by Crippen LogP contribution is -2.15. The van der Waals surface area contributed by atoms with Gasteiger partial charge in [0.05, 0.1) is 12.2 Å². The quantitative estimate of drug-likeness (QED) is 0.607. The van der Waals surface area contributed by atoms with Crippen LogP contribution in [-0.4, -0.2) is 26.0 Å². The summed E-state index contributed by atoms with van der Waals surface area (Å²) in [5.74, 6) is -0.919. The largest absolute Gasteiger partial charge is 0.427 e. The van der Waals surface area contributed by atoms with E-state index in [9.17, 15) is 18.0 Å². The van der Waals surface area contributed by atoms with Crippen molar-refractivity contribution >= 4 is 39.0 Å². The second-order valence-corrected chi connectivity index (χ2v) is 8.45. The van der Waals surface area contributed by atoms with Crippen LogP contribution in [0.1, 0.15) is 16.8 Å². The predicted molar refractivity (Wildman–Crippen MR) is 103 cm³/mol. The number of benzene rings is 2. The van der Waals surface area contributed by atoms with Crippen LogP contribution in [0, 0.1) is 5.92 Å². The molecule has 0 bridgehead atoms. The normalized spacial score (nSPS) is 17.4. The van der Waals surface area contributed by atoms with Crippen molar-refractivity contribution < 1.29 is 22.7 Å². The maximum absolute atomic E-state index is 12.1. The highest BCUT2D eigenvalue weighted by Gasteiger charge is 2.24. The van der Waals surface area contributed by atoms with Crippen LogP contribution in [0.2, 0.25) is 5.02 Å². The molecule has 2 aromatic carbocycles. The lowest BCUT2D eigenvalue weighted by molar-refractivity contribution is -0.134. The number of hydrogen-bond acceptors (Lipinski definition) is 5. The molecule has 6 nitrogen and oxygen atoms in total. The number of amides is 1. The molecule has 140 valence electrons. The summed E-state index contributed by atoms with van der Waals surface area (Å²) in [6.45, 7) is 0. The summed E-state index contributed by atoms with van der Waals surface area (Å²) in [5.41, 5.74) is 1.01. The van der Waals surface area contributed by atoms with Gasteiger partial charge in [0.2, 0.25) is 0 Å². The average molecular weight is 406 g/mol. The molecular weight excluding hydrogens is 390 g/mol. The van der Waals surface area contributed by atoms with Crippen molar-refractivity contribution in [3.8, 4) is 5.75 Å². The molecule has 0 aromatic heterocycles. The van der Waals surface area contributed by atoms with Crippen LogP contribution >= 0.6 is 11.6 Å². The summed E-state index contributed by atoms with van der Waals surface area (Å²) >= 11 is 5.80. The van der Waals surface area contributed by atoms with Gasteiger partial charge in [0.25, 0.3) is 5.91 Å². The molecule has 0 aliphatic carbocycles. The molecule has 2 aromatic rings. The van der Waals surface area contributed by atoms with Crippen LogP contribution < -0.4 is 10.1 Å². The summed E-state index contributed by atoms with van der Waals surface area (Å²) in [5, 5.41) is 4.40. The van der Waals surface area contributed by atoms with Crippen LogP contribution in [0.3, 0.4) is 0 Å². The summed E-state index contributed by atoms with van der Waals surface area (Å²) in [7, 11) is -3.19. The molecule has 1 aliphatic heterocycles. The van der Waals surface area contributed by atoms with Crippen LogP contribution in [0.4, 0.5) is 5.69 Å². The van der Waals surface area contributed by atoms with Crippen molar-refractivity contribution in [3.05, 3.63) is 70.6 Å². The molecule has 1 amide bonds. The molecule has 1 N–H and O–H groups in total. The van der Waals surface area contributed by atoms with Crippen molar-refractivity contribution in [2.24, 2.45) is 5.92 Å². The Kier molecular flexibility index (Phi) is 5.62. The maximum atomic E-state index is 12.1. The highest BCUT2D eigenvalue weighted by Crippen LogP contribution is 2.21. The first-order valence-corrected chi connectivity index (χ1v) is 10.2. The van der Waals surface area contributed by atoms with Crippen molar-refractivity contribution in [1.82, 2.24) is 0 Å². The first kappa shape index (κ1) is 19.1. The van der Waals surface area contributed by atoms with E-state index in [1.54, 1.807) is 48.5 Å². The highest BCUT2D eigenvalue weighted by molar-refractivity contribution is 7.94. The van der Waals surface area contributed by atoms with Crippen LogP contribution in [0.15, 0.2) is 60.0 Å². The van der Waals surface area contributed by atoms with Crippen molar-refractivity contribution in [2.75, 3.05) is 11.1 Å². The van der Waals surface area contributed by atoms with Crippen molar-refractivity contribution in [2.45, 2.75) is 6.42 Å². The second kappa shape index (κ2) is 7.94. The van der Waals surface area contributed by atoms with E-state index in [2.05, 4.69) is 5.32 Å². The third-order valence-corrected chi connectivity index (χ3v) is 5.60. The Hall–Kier alpha value is -2.64. The van der Waals surface area contributed by atoms with E-state index in [-0.39, 0.29) is 24.0 Å². The van der Waals surface area contributed by atoms with Gasteiger partial charge >= 0.3 is 5.97 Å². The van der Waals surface area contributed by atoms with Gasteiger partial charge in [-0.25, -0.2) is 8.42 Å². The van der Waals surface area contributed by atoms with Gasteiger partial charge in [-0.05, 0) is 48.5 Å². The summed E-state index contributed by atoms with van der Waals surface area (Å²) in [6, 6.07) is 12.8. The molecule has 0 saturated heterocycles. The van der Waals surface area contributed by atoms with E-state index in [0.29, 0.717) is 22.0 Å². The topological polar surface area (TPSA) is 89.5 Å². The fourth-order valence-electron chi connectivity index (χ4n) is 2.57. The van der Waals surface area contributed by atoms with Gasteiger partial charge in [0.15, 0.2) is 9.84 Å². The smallest absolute Gasteiger partial charge is 0.311 e. The van der Waals surface area contributed by atoms with Crippen molar-refractivity contribution in [1.29, 1.82) is 0 Å². The fourth-order valence-corrected chi connectivity index (χ4v) is 4.09. The standard InChI is InChI=1S/C19H16ClNO5S/c20-15-3-1-14(2-4-15)19(23)21-16-5-7-17(8-6-16)26-18(22)11-13-9-10-27(24,25)12-13/h1-10,13H,11-12H2,(H,21,23)/t13-/m0/s1. The summed E-state index contributed by atoms with van der Waals surface area (Å²) in [6.07, 6.45) is 1.50. The Balaban J connectivity index is 1.54. The monoisotopic (exact) mass is 405 g/mol. The van der Waals surface area contributed by atoms with E-state index >= 15 is 0 Å². The number of allylic oxidation sites excluding steroid dienone is 1. The Labute approximate surface area is 161 Å². The zero-order valence-electron chi connectivity index (χ0n) is 14.1. The fraction of sp³-hybridized carbons (Fsp3) is 0.158. The molecule has 27 heavy (non-hydrogen) atoms. The number of rotatable bonds is 5. The van der Waals surface area contributed by atoms with Gasteiger partial charge in [-0.3, -0.25) is 9.59 Å². The van der Waals surface area contributed by atoms with Crippen LogP contribution in [0.5, 0.6) is 5.75 Å². The molecule has 0 fully saturated rings. The molecule has 1 atom stereocenters. The molecular formula is C19H16ClNO5S. The minimum absolute atomic E-state index is 0.00914. The van der Waals surface area contributed by atoms with Crippen LogP contribution in [-0.2, 0) is 14.6 Å². The van der Waals surface area contributed by atoms with E-state index in [1.165, 1.54) is 6.08 Å². The number of sulfone groups is 1. The summed E-state index contributed by atoms with van der Waals surface area (Å²) < 4.78 is 27.9. The predicted octanol–water partition coefficient (Wildman–Crippen LogP) is 3.45. The lowest BCUT2D eigenvalue weighted by atomic mass is 10.1. The van der Waals surface area contributed by atoms with Gasteiger partial charge < -0.3 is 10.1 Å². The summed E-state index contributed by atoms with van der Waals surface area (Å²) in [4.78, 5) is 24.1. The van der Waals surface area contributed by atoms with Gasteiger partial charge in [-0.15, -0.1) is 0 Å². The first-order chi connectivity index (χ1) is 12.8. The molecule has 0 radical (unpaired) electrons. The maximum Gasteiger partial charge on any atom is 0.311 e. The number of hydrogen-bond donors (Lipinski definition) is 1. The second-order valence-electron chi connectivity index (χ2n) is 6.08. The molecule has 3 rings (SSSR count). The Bertz CT molecular complexity index is 982. The number of ether oxygens (including phenoxy) is 1. The number of carbonyl (C=O) groups excluding carboxylic acids is 2. The number of carbonyl (C=O) groups is 2. The zero-order chi connectivity index (χ0) is 19.4. The lowest BCUT2D eigenvalue weighted by Gasteiger charge is -2.09. The number of anilines is 1. The third-order valence-electron chi connectivity index (χ3n) is 3.88. The Morgan fingerprint density at radius 1 is 1.07 bits per heavy atom. The molecule has 0 saturated carbocycles. The molecule has 0 spiro atoms. The highest BCUT2D eigenvalue weighted by atomic mass is 35.5. The van der Waals surface area contributed by atoms with E-state index < -0.39 is 15.8 Å². The zero-order valence-corrected chi connectivity index (χ0v) is 15.7. The Morgan fingerprint density at radius 3 is 2.33 bits per heavy atom. The minimum Gasteiger partial charge on any atom is -0.427 e. The van der Waals surface area contributed by atoms with Gasteiger partial charge in [0, 0.05) is 27.6 Å². The molecule has 1 aliphatic rings. The van der Waals surface area contributed by atoms with Gasteiger partial charge in [0.1, 0.15) is 5.75 Å². The Morgan fingerprint density at radius 2 is 1.74 bits per heavy atom. The SMILES string of the molecule is O=C(C[C@@H]1C=CS(=O)(=O)C1)Oc1ccc(NC(=O)c2ccc(Cl)cc2)cc1. The third kappa shape index (κ3) is 5.42. The van der Waals surface area contributed by atoms with E-state index in [1.807, 2.05) is 0 Å². The number of halogens is 1. The van der Waals surface area contributed by atoms with E-state index in [4.69, 9.17) is 16.3 Å².